The highest BCUT2D eigenvalue weighted by molar-refractivity contribution is 5.96. The molecule has 1 heterocycles. The molecule has 2 aromatic rings. The zero-order valence-electron chi connectivity index (χ0n) is 16.9. The molecule has 1 aliphatic rings. The Kier molecular flexibility index (Phi) is 6.57. The summed E-state index contributed by atoms with van der Waals surface area (Å²) in [5, 5.41) is 0. The number of hydrogen-bond acceptors (Lipinski definition) is 5. The molecule has 0 amide bonds. The molecule has 150 valence electrons. The molecule has 0 spiro atoms. The predicted molar refractivity (Wildman–Crippen MR) is 107 cm³/mol. The Labute approximate surface area is 166 Å². The second-order valence-corrected chi connectivity index (χ2v) is 7.14. The van der Waals surface area contributed by atoms with Crippen LogP contribution in [-0.2, 0) is 4.74 Å². The van der Waals surface area contributed by atoms with Gasteiger partial charge in [0.05, 0.1) is 27.4 Å². The Morgan fingerprint density at radius 1 is 1.00 bits per heavy atom. The summed E-state index contributed by atoms with van der Waals surface area (Å²) < 4.78 is 22.6. The first-order chi connectivity index (χ1) is 13.6. The molecule has 0 radical (unpaired) electrons. The van der Waals surface area contributed by atoms with Crippen molar-refractivity contribution in [3.63, 3.8) is 0 Å². The van der Waals surface area contributed by atoms with E-state index < -0.39 is 0 Å². The molecule has 1 saturated heterocycles. The maximum absolute atomic E-state index is 12.7. The minimum Gasteiger partial charge on any atom is -0.496 e. The van der Waals surface area contributed by atoms with Gasteiger partial charge in [0.2, 0.25) is 0 Å². The van der Waals surface area contributed by atoms with Gasteiger partial charge < -0.3 is 18.9 Å². The van der Waals surface area contributed by atoms with Gasteiger partial charge in [-0.05, 0) is 24.3 Å². The van der Waals surface area contributed by atoms with E-state index in [0.29, 0.717) is 30.3 Å². The van der Waals surface area contributed by atoms with Gasteiger partial charge in [0.1, 0.15) is 5.75 Å². The molecule has 2 aromatic carbocycles. The van der Waals surface area contributed by atoms with E-state index in [1.54, 1.807) is 21.3 Å². The van der Waals surface area contributed by atoms with Gasteiger partial charge in [-0.25, -0.2) is 0 Å². The van der Waals surface area contributed by atoms with Crippen LogP contribution in [0.15, 0.2) is 42.5 Å². The Bertz CT molecular complexity index is 802. The summed E-state index contributed by atoms with van der Waals surface area (Å²) in [7, 11) is 4.84. The molecule has 5 nitrogen and oxygen atoms in total. The van der Waals surface area contributed by atoms with Crippen molar-refractivity contribution in [3.05, 3.63) is 53.6 Å². The van der Waals surface area contributed by atoms with Crippen LogP contribution < -0.4 is 14.2 Å². The van der Waals surface area contributed by atoms with Crippen molar-refractivity contribution in [2.45, 2.75) is 25.9 Å². The van der Waals surface area contributed by atoms with Gasteiger partial charge in [-0.3, -0.25) is 4.79 Å². The second kappa shape index (κ2) is 9.11. The topological polar surface area (TPSA) is 54.0 Å². The van der Waals surface area contributed by atoms with Gasteiger partial charge in [-0.1, -0.05) is 37.3 Å². The zero-order valence-corrected chi connectivity index (χ0v) is 16.9. The molecular formula is C23H28O5. The Morgan fingerprint density at radius 3 is 2.29 bits per heavy atom. The van der Waals surface area contributed by atoms with E-state index in [1.807, 2.05) is 42.5 Å². The first-order valence-electron chi connectivity index (χ1n) is 9.58. The first kappa shape index (κ1) is 20.2. The smallest absolute Gasteiger partial charge is 0.164 e. The summed E-state index contributed by atoms with van der Waals surface area (Å²) in [6.45, 7) is 2.75. The van der Waals surface area contributed by atoms with Crippen molar-refractivity contribution in [1.82, 2.24) is 0 Å². The minimum atomic E-state index is -0.169. The summed E-state index contributed by atoms with van der Waals surface area (Å²) in [4.78, 5) is 12.7. The standard InChI is InChI=1S/C23H28O5/c1-15-17(12-19(24)16-8-6-5-7-9-16)10-11-28-23(15)18-13-21(26-3)22(27-4)14-20(18)25-2/h5-9,13-15,17,23H,10-12H2,1-4H3/t15-,17-,23-/m0/s1. The van der Waals surface area contributed by atoms with Crippen molar-refractivity contribution < 1.29 is 23.7 Å². The van der Waals surface area contributed by atoms with E-state index in [-0.39, 0.29) is 23.7 Å². The van der Waals surface area contributed by atoms with Crippen LogP contribution in [0.4, 0.5) is 0 Å². The lowest BCUT2D eigenvalue weighted by atomic mass is 9.78. The fraction of sp³-hybridized carbons (Fsp3) is 0.435. The summed E-state index contributed by atoms with van der Waals surface area (Å²) in [6, 6.07) is 13.2. The number of methoxy groups -OCH3 is 3. The number of benzene rings is 2. The van der Waals surface area contributed by atoms with E-state index in [9.17, 15) is 4.79 Å². The van der Waals surface area contributed by atoms with E-state index >= 15 is 0 Å². The molecule has 0 saturated carbocycles. The number of Topliss-reactive ketones (excluding diaryl/α,β-unsaturated/α-hetero) is 1. The third-order valence-electron chi connectivity index (χ3n) is 5.59. The van der Waals surface area contributed by atoms with Crippen LogP contribution >= 0.6 is 0 Å². The molecular weight excluding hydrogens is 356 g/mol. The molecule has 0 aliphatic carbocycles. The number of ketones is 1. The van der Waals surface area contributed by atoms with Gasteiger partial charge in [0.15, 0.2) is 17.3 Å². The fourth-order valence-corrected chi connectivity index (χ4v) is 3.92. The van der Waals surface area contributed by atoms with Gasteiger partial charge in [0, 0.05) is 30.2 Å². The van der Waals surface area contributed by atoms with Crippen LogP contribution in [0.2, 0.25) is 0 Å². The molecule has 0 bridgehead atoms. The van der Waals surface area contributed by atoms with Crippen LogP contribution in [0.25, 0.3) is 0 Å². The third kappa shape index (κ3) is 4.14. The number of carbonyl (C=O) groups excluding carboxylic acids is 1. The lowest BCUT2D eigenvalue weighted by Gasteiger charge is -2.37. The average molecular weight is 384 g/mol. The Hall–Kier alpha value is -2.53. The van der Waals surface area contributed by atoms with E-state index in [4.69, 9.17) is 18.9 Å². The number of rotatable bonds is 7. The van der Waals surface area contributed by atoms with Gasteiger partial charge in [-0.2, -0.15) is 0 Å². The van der Waals surface area contributed by atoms with Crippen molar-refractivity contribution in [2.24, 2.45) is 11.8 Å². The zero-order chi connectivity index (χ0) is 20.1. The van der Waals surface area contributed by atoms with E-state index in [0.717, 1.165) is 17.5 Å². The third-order valence-corrected chi connectivity index (χ3v) is 5.59. The van der Waals surface area contributed by atoms with Gasteiger partial charge >= 0.3 is 0 Å². The second-order valence-electron chi connectivity index (χ2n) is 7.14. The number of ether oxygens (including phenoxy) is 4. The van der Waals surface area contributed by atoms with Crippen LogP contribution in [0.5, 0.6) is 17.2 Å². The molecule has 0 N–H and O–H groups in total. The maximum Gasteiger partial charge on any atom is 0.164 e. The van der Waals surface area contributed by atoms with Gasteiger partial charge in [-0.15, -0.1) is 0 Å². The quantitative estimate of drug-likeness (QED) is 0.648. The Balaban J connectivity index is 1.84. The van der Waals surface area contributed by atoms with Crippen molar-refractivity contribution in [3.8, 4) is 17.2 Å². The highest BCUT2D eigenvalue weighted by atomic mass is 16.5. The molecule has 5 heteroatoms. The highest BCUT2D eigenvalue weighted by Gasteiger charge is 2.35. The van der Waals surface area contributed by atoms with E-state index in [2.05, 4.69) is 6.92 Å². The molecule has 1 fully saturated rings. The fourth-order valence-electron chi connectivity index (χ4n) is 3.92. The van der Waals surface area contributed by atoms with Crippen LogP contribution in [-0.4, -0.2) is 33.7 Å². The molecule has 0 unspecified atom stereocenters. The minimum absolute atomic E-state index is 0.161. The van der Waals surface area contributed by atoms with Crippen LogP contribution in [0.3, 0.4) is 0 Å². The Morgan fingerprint density at radius 2 is 1.64 bits per heavy atom. The van der Waals surface area contributed by atoms with Crippen molar-refractivity contribution >= 4 is 5.78 Å². The molecule has 3 rings (SSSR count). The SMILES string of the molecule is COc1cc(OC)c([C@H]2OCC[C@@H](CC(=O)c3ccccc3)[C@@H]2C)cc1OC. The summed E-state index contributed by atoms with van der Waals surface area (Å²) in [5.74, 6) is 2.53. The monoisotopic (exact) mass is 384 g/mol. The van der Waals surface area contributed by atoms with Crippen LogP contribution in [0, 0.1) is 11.8 Å². The molecule has 28 heavy (non-hydrogen) atoms. The number of hydrogen-bond donors (Lipinski definition) is 0. The van der Waals surface area contributed by atoms with Crippen LogP contribution in [0.1, 0.15) is 41.8 Å². The van der Waals surface area contributed by atoms with Crippen molar-refractivity contribution in [2.75, 3.05) is 27.9 Å². The predicted octanol–water partition coefficient (Wildman–Crippen LogP) is 4.70. The number of carbonyl (C=O) groups is 1. The normalized spacial score (nSPS) is 21.8. The molecule has 1 aliphatic heterocycles. The lowest BCUT2D eigenvalue weighted by Crippen LogP contribution is -2.30. The maximum atomic E-state index is 12.7. The summed E-state index contributed by atoms with van der Waals surface area (Å²) in [5.41, 5.74) is 1.69. The van der Waals surface area contributed by atoms with Gasteiger partial charge in [0.25, 0.3) is 0 Å². The average Bonchev–Trinajstić information content (AvgIpc) is 2.74. The van der Waals surface area contributed by atoms with Crippen molar-refractivity contribution in [1.29, 1.82) is 0 Å². The lowest BCUT2D eigenvalue weighted by molar-refractivity contribution is -0.0535. The van der Waals surface area contributed by atoms with E-state index in [1.165, 1.54) is 0 Å². The first-order valence-corrected chi connectivity index (χ1v) is 9.58. The highest BCUT2D eigenvalue weighted by Crippen LogP contribution is 2.45. The summed E-state index contributed by atoms with van der Waals surface area (Å²) >= 11 is 0. The molecule has 0 aromatic heterocycles. The summed E-state index contributed by atoms with van der Waals surface area (Å²) in [6.07, 6.45) is 1.21. The largest absolute Gasteiger partial charge is 0.496 e. The molecule has 3 atom stereocenters.